The zero-order valence-electron chi connectivity index (χ0n) is 18.3. The molecule has 1 aliphatic carbocycles. The Hall–Kier alpha value is -2.40. The van der Waals surface area contributed by atoms with Crippen LogP contribution < -0.4 is 10.6 Å². The highest BCUT2D eigenvalue weighted by atomic mass is 16.4. The fourth-order valence-corrected chi connectivity index (χ4v) is 4.17. The van der Waals surface area contributed by atoms with E-state index in [4.69, 9.17) is 0 Å². The Morgan fingerprint density at radius 2 is 1.70 bits per heavy atom. The number of amides is 1. The number of hydrogen-bond donors (Lipinski definition) is 3. The van der Waals surface area contributed by atoms with E-state index >= 15 is 0 Å². The Kier molecular flexibility index (Phi) is 7.14. The first-order valence-corrected chi connectivity index (χ1v) is 11.0. The summed E-state index contributed by atoms with van der Waals surface area (Å²) < 4.78 is 0. The van der Waals surface area contributed by atoms with Crippen LogP contribution in [0.5, 0.6) is 0 Å². The molecule has 3 rings (SSSR count). The molecule has 0 unspecified atom stereocenters. The van der Waals surface area contributed by atoms with Gasteiger partial charge in [0.15, 0.2) is 0 Å². The van der Waals surface area contributed by atoms with Crippen molar-refractivity contribution < 1.29 is 14.7 Å². The second-order valence-electron chi connectivity index (χ2n) is 9.63. The summed E-state index contributed by atoms with van der Waals surface area (Å²) >= 11 is 0. The van der Waals surface area contributed by atoms with Gasteiger partial charge < -0.3 is 15.7 Å². The number of carboxylic acid groups (broad SMARTS) is 1. The van der Waals surface area contributed by atoms with E-state index in [-0.39, 0.29) is 23.8 Å². The maximum absolute atomic E-state index is 12.7. The van der Waals surface area contributed by atoms with Crippen LogP contribution in [0.2, 0.25) is 0 Å². The predicted octanol–water partition coefficient (Wildman–Crippen LogP) is 4.15. The van der Waals surface area contributed by atoms with Crippen molar-refractivity contribution in [2.75, 3.05) is 6.54 Å². The van der Waals surface area contributed by atoms with Gasteiger partial charge in [-0.15, -0.1) is 0 Å². The van der Waals surface area contributed by atoms with Crippen LogP contribution >= 0.6 is 0 Å². The predicted molar refractivity (Wildman–Crippen MR) is 120 cm³/mol. The van der Waals surface area contributed by atoms with Crippen molar-refractivity contribution in [2.24, 2.45) is 11.8 Å². The molecule has 5 nitrogen and oxygen atoms in total. The van der Waals surface area contributed by atoms with Crippen molar-refractivity contribution in [1.82, 2.24) is 10.6 Å². The highest BCUT2D eigenvalue weighted by Gasteiger charge is 2.29. The van der Waals surface area contributed by atoms with Crippen molar-refractivity contribution in [2.45, 2.75) is 64.5 Å². The van der Waals surface area contributed by atoms with E-state index in [0.29, 0.717) is 5.92 Å². The summed E-state index contributed by atoms with van der Waals surface area (Å²) in [7, 11) is 0. The van der Waals surface area contributed by atoms with Crippen LogP contribution in [0.4, 0.5) is 0 Å². The molecule has 0 radical (unpaired) electrons. The number of nitrogens with one attached hydrogen (secondary N) is 2. The quantitative estimate of drug-likeness (QED) is 0.641. The summed E-state index contributed by atoms with van der Waals surface area (Å²) in [6, 6.07) is 13.0. The second kappa shape index (κ2) is 9.61. The number of carbonyl (C=O) groups is 2. The molecule has 0 aromatic heterocycles. The Morgan fingerprint density at radius 3 is 2.33 bits per heavy atom. The molecular formula is C25H34N2O3. The standard InChI is InChI=1S/C25H34N2O3/c1-25(2,3)26-16-17-8-12-20(13-9-17)23(28)27-22(24(29)30)15-18-10-11-19-6-4-5-7-21(19)14-18/h4-7,10-11,14,17,20,22,26H,8-9,12-13,15-16H2,1-3H3,(H,27,28)(H,29,30)/t17?,20?,22-/m0/s1. The third-order valence-electron chi connectivity index (χ3n) is 6.01. The zero-order valence-corrected chi connectivity index (χ0v) is 18.3. The lowest BCUT2D eigenvalue weighted by molar-refractivity contribution is -0.142. The van der Waals surface area contributed by atoms with Gasteiger partial charge in [0.1, 0.15) is 6.04 Å². The van der Waals surface area contributed by atoms with Crippen LogP contribution in [0, 0.1) is 11.8 Å². The molecule has 1 atom stereocenters. The van der Waals surface area contributed by atoms with Crippen LogP contribution in [-0.4, -0.2) is 35.1 Å². The van der Waals surface area contributed by atoms with Crippen LogP contribution in [0.1, 0.15) is 52.0 Å². The minimum atomic E-state index is -0.987. The van der Waals surface area contributed by atoms with Crippen LogP contribution in [0.25, 0.3) is 10.8 Å². The van der Waals surface area contributed by atoms with E-state index in [1.54, 1.807) is 0 Å². The second-order valence-corrected chi connectivity index (χ2v) is 9.63. The molecule has 1 aliphatic rings. The number of carbonyl (C=O) groups excluding carboxylic acids is 1. The van der Waals surface area contributed by atoms with Gasteiger partial charge in [-0.25, -0.2) is 4.79 Å². The molecule has 2 aromatic carbocycles. The number of hydrogen-bond acceptors (Lipinski definition) is 3. The molecule has 0 saturated heterocycles. The molecule has 3 N–H and O–H groups in total. The number of carboxylic acids is 1. The van der Waals surface area contributed by atoms with Crippen LogP contribution in [0.3, 0.4) is 0 Å². The Morgan fingerprint density at radius 1 is 1.03 bits per heavy atom. The Bertz CT molecular complexity index is 879. The maximum Gasteiger partial charge on any atom is 0.326 e. The normalized spacial score (nSPS) is 20.6. The zero-order chi connectivity index (χ0) is 21.7. The van der Waals surface area contributed by atoms with Gasteiger partial charge in [0.05, 0.1) is 0 Å². The molecule has 5 heteroatoms. The van der Waals surface area contributed by atoms with E-state index in [2.05, 4.69) is 31.4 Å². The number of benzene rings is 2. The summed E-state index contributed by atoms with van der Waals surface area (Å²) in [4.78, 5) is 24.5. The summed E-state index contributed by atoms with van der Waals surface area (Å²) in [5.41, 5.74) is 1.02. The molecule has 0 spiro atoms. The van der Waals surface area contributed by atoms with Gasteiger partial charge in [-0.05, 0) is 75.3 Å². The van der Waals surface area contributed by atoms with E-state index in [1.807, 2.05) is 42.5 Å². The SMILES string of the molecule is CC(C)(C)NCC1CCC(C(=O)N[C@@H](Cc2ccc3ccccc3c2)C(=O)O)CC1. The van der Waals surface area contributed by atoms with Gasteiger partial charge in [0, 0.05) is 17.9 Å². The largest absolute Gasteiger partial charge is 0.480 e. The smallest absolute Gasteiger partial charge is 0.326 e. The van der Waals surface area contributed by atoms with Crippen molar-refractivity contribution >= 4 is 22.6 Å². The number of fused-ring (bicyclic) bond motifs is 1. The van der Waals surface area contributed by atoms with Gasteiger partial charge in [0.2, 0.25) is 5.91 Å². The van der Waals surface area contributed by atoms with Gasteiger partial charge in [-0.3, -0.25) is 4.79 Å². The molecule has 1 saturated carbocycles. The highest BCUT2D eigenvalue weighted by molar-refractivity contribution is 5.86. The van der Waals surface area contributed by atoms with E-state index in [1.165, 1.54) is 0 Å². The molecule has 1 amide bonds. The van der Waals surface area contributed by atoms with Crippen LogP contribution in [0.15, 0.2) is 42.5 Å². The average molecular weight is 411 g/mol. The van der Waals surface area contributed by atoms with E-state index in [0.717, 1.165) is 48.6 Å². The van der Waals surface area contributed by atoms with Crippen molar-refractivity contribution in [3.05, 3.63) is 48.0 Å². The summed E-state index contributed by atoms with van der Waals surface area (Å²) in [6.07, 6.45) is 3.94. The van der Waals surface area contributed by atoms with Crippen molar-refractivity contribution in [3.63, 3.8) is 0 Å². The highest BCUT2D eigenvalue weighted by Crippen LogP contribution is 2.29. The minimum Gasteiger partial charge on any atom is -0.480 e. The first-order valence-electron chi connectivity index (χ1n) is 11.0. The van der Waals surface area contributed by atoms with Crippen molar-refractivity contribution in [1.29, 1.82) is 0 Å². The Balaban J connectivity index is 1.54. The first kappa shape index (κ1) is 22.3. The van der Waals surface area contributed by atoms with Gasteiger partial charge in [0.25, 0.3) is 0 Å². The van der Waals surface area contributed by atoms with Crippen molar-refractivity contribution in [3.8, 4) is 0 Å². The lowest BCUT2D eigenvalue weighted by atomic mass is 9.81. The average Bonchev–Trinajstić information content (AvgIpc) is 2.71. The summed E-state index contributed by atoms with van der Waals surface area (Å²) in [6.45, 7) is 7.45. The summed E-state index contributed by atoms with van der Waals surface area (Å²) in [5, 5.41) is 18.2. The third kappa shape index (κ3) is 6.30. The Labute approximate surface area is 179 Å². The number of rotatable bonds is 7. The molecule has 0 bridgehead atoms. The molecule has 30 heavy (non-hydrogen) atoms. The van der Waals surface area contributed by atoms with Gasteiger partial charge >= 0.3 is 5.97 Å². The fraction of sp³-hybridized carbons (Fsp3) is 0.520. The minimum absolute atomic E-state index is 0.0886. The number of aliphatic carboxylic acids is 1. The molecule has 2 aromatic rings. The molecule has 1 fully saturated rings. The van der Waals surface area contributed by atoms with Crippen LogP contribution in [-0.2, 0) is 16.0 Å². The third-order valence-corrected chi connectivity index (χ3v) is 6.01. The van der Waals surface area contributed by atoms with E-state index in [9.17, 15) is 14.7 Å². The lowest BCUT2D eigenvalue weighted by Crippen LogP contribution is -2.46. The first-order chi connectivity index (χ1) is 14.2. The monoisotopic (exact) mass is 410 g/mol. The fourth-order valence-electron chi connectivity index (χ4n) is 4.17. The molecular weight excluding hydrogens is 376 g/mol. The van der Waals surface area contributed by atoms with Gasteiger partial charge in [-0.1, -0.05) is 42.5 Å². The molecule has 0 aliphatic heterocycles. The maximum atomic E-state index is 12.7. The van der Waals surface area contributed by atoms with E-state index < -0.39 is 12.0 Å². The topological polar surface area (TPSA) is 78.4 Å². The summed E-state index contributed by atoms with van der Waals surface area (Å²) in [5.74, 6) is -0.611. The van der Waals surface area contributed by atoms with Gasteiger partial charge in [-0.2, -0.15) is 0 Å². The lowest BCUT2D eigenvalue weighted by Gasteiger charge is -2.31. The molecule has 0 heterocycles. The molecule has 162 valence electrons.